The third-order valence-corrected chi connectivity index (χ3v) is 1.97. The molecule has 0 spiro atoms. The van der Waals surface area contributed by atoms with Gasteiger partial charge in [-0.25, -0.2) is 4.79 Å². The van der Waals surface area contributed by atoms with Crippen LogP contribution in [0.4, 0.5) is 19.0 Å². The largest absolute Gasteiger partial charge is 0.573 e. The first-order chi connectivity index (χ1) is 9.21. The van der Waals surface area contributed by atoms with Crippen molar-refractivity contribution in [1.29, 1.82) is 0 Å². The number of rotatable bonds is 4. The van der Waals surface area contributed by atoms with E-state index in [2.05, 4.69) is 19.2 Å². The Balaban J connectivity index is 3.54. The molecule has 0 saturated carbocycles. The maximum absolute atomic E-state index is 12.3. The number of esters is 1. The van der Waals surface area contributed by atoms with Crippen LogP contribution < -0.4 is 9.47 Å². The van der Waals surface area contributed by atoms with Crippen molar-refractivity contribution in [2.45, 2.75) is 6.36 Å². The van der Waals surface area contributed by atoms with Crippen LogP contribution in [0.1, 0.15) is 10.4 Å². The lowest BCUT2D eigenvalue weighted by Gasteiger charge is -2.13. The summed E-state index contributed by atoms with van der Waals surface area (Å²) in [6.45, 7) is 0. The molecule has 1 rings (SSSR count). The van der Waals surface area contributed by atoms with E-state index in [4.69, 9.17) is 0 Å². The Labute approximate surface area is 109 Å². The van der Waals surface area contributed by atoms with Crippen LogP contribution in [0, 0.1) is 10.1 Å². The monoisotopic (exact) mass is 296 g/mol. The third kappa shape index (κ3) is 3.24. The van der Waals surface area contributed by atoms with E-state index in [1.165, 1.54) is 0 Å². The van der Waals surface area contributed by atoms with Crippen molar-refractivity contribution in [3.05, 3.63) is 21.9 Å². The maximum Gasteiger partial charge on any atom is 0.573 e. The fourth-order valence-electron chi connectivity index (χ4n) is 1.26. The van der Waals surface area contributed by atoms with Crippen LogP contribution in [0.5, 0.6) is 11.5 Å². The zero-order valence-corrected chi connectivity index (χ0v) is 10.1. The molecule has 110 valence electrons. The van der Waals surface area contributed by atoms with Gasteiger partial charge in [-0.2, -0.15) is 0 Å². The predicted octanol–water partition coefficient (Wildman–Crippen LogP) is 1.68. The summed E-state index contributed by atoms with van der Waals surface area (Å²) >= 11 is 0. The van der Waals surface area contributed by atoms with Gasteiger partial charge in [-0.3, -0.25) is 0 Å². The van der Waals surface area contributed by atoms with Crippen LogP contribution in [0.3, 0.4) is 0 Å². The molecule has 0 atom stereocenters. The third-order valence-electron chi connectivity index (χ3n) is 1.97. The average Bonchev–Trinajstić information content (AvgIpc) is 2.34. The van der Waals surface area contributed by atoms with Crippen LogP contribution in [0.2, 0.25) is 0 Å². The zero-order chi connectivity index (χ0) is 15.5. The Morgan fingerprint density at radius 3 is 2.35 bits per heavy atom. The number of pyridine rings is 1. The first kappa shape index (κ1) is 15.5. The van der Waals surface area contributed by atoms with Gasteiger partial charge in [0.25, 0.3) is 5.75 Å². The average molecular weight is 296 g/mol. The van der Waals surface area contributed by atoms with Crippen LogP contribution in [-0.2, 0) is 4.74 Å². The molecule has 0 aromatic carbocycles. The fraction of sp³-hybridized carbons (Fsp3) is 0.333. The van der Waals surface area contributed by atoms with Gasteiger partial charge in [-0.1, -0.05) is 0 Å². The Kier molecular flexibility index (Phi) is 4.32. The second-order valence-corrected chi connectivity index (χ2v) is 3.15. The maximum atomic E-state index is 12.3. The van der Waals surface area contributed by atoms with Gasteiger partial charge in [0, 0.05) is 0 Å². The molecule has 0 aliphatic rings. The van der Waals surface area contributed by atoms with E-state index in [1.54, 1.807) is 0 Å². The minimum atomic E-state index is -5.23. The molecule has 0 N–H and O–H groups in total. The molecule has 8 nitrogen and oxygen atoms in total. The van der Waals surface area contributed by atoms with Crippen molar-refractivity contribution in [2.24, 2.45) is 0 Å². The number of alkyl halides is 3. The summed E-state index contributed by atoms with van der Waals surface area (Å²) in [6, 6.07) is 0. The molecule has 1 heterocycles. The molecule has 0 saturated heterocycles. The molecule has 1 aromatic heterocycles. The van der Waals surface area contributed by atoms with Gasteiger partial charge in [-0.15, -0.1) is 13.2 Å². The van der Waals surface area contributed by atoms with Crippen molar-refractivity contribution >= 4 is 11.8 Å². The van der Waals surface area contributed by atoms with Gasteiger partial charge in [-0.05, 0) is 9.91 Å². The number of nitrogens with zero attached hydrogens (tertiary/aromatic N) is 2. The smallest absolute Gasteiger partial charge is 0.492 e. The minimum Gasteiger partial charge on any atom is -0.492 e. The Bertz CT molecular complexity index is 545. The van der Waals surface area contributed by atoms with Crippen LogP contribution in [-0.4, -0.2) is 36.5 Å². The van der Waals surface area contributed by atoms with E-state index in [0.29, 0.717) is 6.20 Å². The summed E-state index contributed by atoms with van der Waals surface area (Å²) in [7, 11) is 1.88. The Hall–Kier alpha value is -2.59. The molecular weight excluding hydrogens is 289 g/mol. The van der Waals surface area contributed by atoms with Gasteiger partial charge in [0.15, 0.2) is 11.9 Å². The number of methoxy groups -OCH3 is 2. The highest BCUT2D eigenvalue weighted by Gasteiger charge is 2.39. The molecule has 0 aliphatic heterocycles. The first-order valence-corrected chi connectivity index (χ1v) is 4.76. The Morgan fingerprint density at radius 2 is 1.95 bits per heavy atom. The molecule has 1 aromatic rings. The summed E-state index contributed by atoms with van der Waals surface area (Å²) in [4.78, 5) is 23.9. The van der Waals surface area contributed by atoms with Crippen LogP contribution in [0.25, 0.3) is 0 Å². The number of nitro groups is 1. The van der Waals surface area contributed by atoms with E-state index in [1.807, 2.05) is 0 Å². The lowest BCUT2D eigenvalue weighted by atomic mass is 10.2. The van der Waals surface area contributed by atoms with Gasteiger partial charge in [0.05, 0.1) is 14.2 Å². The second kappa shape index (κ2) is 5.59. The van der Waals surface area contributed by atoms with Crippen LogP contribution >= 0.6 is 0 Å². The van der Waals surface area contributed by atoms with Gasteiger partial charge >= 0.3 is 18.1 Å². The summed E-state index contributed by atoms with van der Waals surface area (Å²) in [5, 5.41) is 10.7. The predicted molar refractivity (Wildman–Crippen MR) is 55.5 cm³/mol. The lowest BCUT2D eigenvalue weighted by Crippen LogP contribution is -2.20. The van der Waals surface area contributed by atoms with Crippen molar-refractivity contribution in [3.63, 3.8) is 0 Å². The SMILES string of the molecule is COC(=O)c1cnc([N+](=O)[O-])c(OC(F)(F)F)c1OC. The normalized spacial score (nSPS) is 10.8. The fourth-order valence-corrected chi connectivity index (χ4v) is 1.26. The topological polar surface area (TPSA) is 101 Å². The summed E-state index contributed by atoms with van der Waals surface area (Å²) in [5.41, 5.74) is -0.542. The lowest BCUT2D eigenvalue weighted by molar-refractivity contribution is -0.393. The highest BCUT2D eigenvalue weighted by molar-refractivity contribution is 5.93. The summed E-state index contributed by atoms with van der Waals surface area (Å²) < 4.78 is 49.2. The minimum absolute atomic E-state index is 0.542. The van der Waals surface area contributed by atoms with Gasteiger partial charge in [0.1, 0.15) is 5.56 Å². The molecule has 0 bridgehead atoms. The number of carbonyl (C=O) groups excluding carboxylic acids is 1. The summed E-state index contributed by atoms with van der Waals surface area (Å²) in [6.07, 6.45) is -4.57. The number of halogens is 3. The summed E-state index contributed by atoms with van der Waals surface area (Å²) in [5.74, 6) is -4.45. The molecular formula is C9H7F3N2O6. The van der Waals surface area contributed by atoms with Crippen molar-refractivity contribution in [2.75, 3.05) is 14.2 Å². The van der Waals surface area contributed by atoms with Crippen molar-refractivity contribution in [3.8, 4) is 11.5 Å². The Morgan fingerprint density at radius 1 is 1.35 bits per heavy atom. The number of ether oxygens (including phenoxy) is 3. The quantitative estimate of drug-likeness (QED) is 0.473. The van der Waals surface area contributed by atoms with Crippen molar-refractivity contribution in [1.82, 2.24) is 4.98 Å². The zero-order valence-electron chi connectivity index (χ0n) is 10.1. The van der Waals surface area contributed by atoms with E-state index in [0.717, 1.165) is 14.2 Å². The molecule has 0 amide bonds. The van der Waals surface area contributed by atoms with Gasteiger partial charge < -0.3 is 24.3 Å². The van der Waals surface area contributed by atoms with Gasteiger partial charge in [0.2, 0.25) is 0 Å². The molecule has 0 unspecified atom stereocenters. The second-order valence-electron chi connectivity index (χ2n) is 3.15. The first-order valence-electron chi connectivity index (χ1n) is 4.76. The number of carbonyl (C=O) groups is 1. The standard InChI is InChI=1S/C9H7F3N2O6/c1-18-5-4(8(15)19-2)3-13-7(14(16)17)6(5)20-9(10,11)12/h3H,1-2H3. The van der Waals surface area contributed by atoms with E-state index < -0.39 is 40.1 Å². The number of aromatic nitrogens is 1. The van der Waals surface area contributed by atoms with E-state index in [9.17, 15) is 28.1 Å². The van der Waals surface area contributed by atoms with Crippen molar-refractivity contribution < 1.29 is 37.1 Å². The number of hydrogen-bond acceptors (Lipinski definition) is 7. The van der Waals surface area contributed by atoms with E-state index >= 15 is 0 Å². The molecule has 0 fully saturated rings. The number of hydrogen-bond donors (Lipinski definition) is 0. The molecule has 0 radical (unpaired) electrons. The van der Waals surface area contributed by atoms with Crippen LogP contribution in [0.15, 0.2) is 6.20 Å². The molecule has 0 aliphatic carbocycles. The highest BCUT2D eigenvalue weighted by atomic mass is 19.4. The molecule has 20 heavy (non-hydrogen) atoms. The molecule has 11 heteroatoms. The van der Waals surface area contributed by atoms with E-state index in [-0.39, 0.29) is 0 Å². The highest BCUT2D eigenvalue weighted by Crippen LogP contribution is 2.41.